The number of nitrogens with zero attached hydrogens (tertiary/aromatic N) is 1. The molecule has 7 rings (SSSR count). The lowest BCUT2D eigenvalue weighted by Crippen LogP contribution is -2.53. The van der Waals surface area contributed by atoms with E-state index in [1.807, 2.05) is 12.4 Å². The van der Waals surface area contributed by atoms with Crippen molar-refractivity contribution >= 4 is 10.8 Å². The maximum absolute atomic E-state index is 7.27. The highest BCUT2D eigenvalue weighted by Gasteiger charge is 2.66. The molecule has 0 N–H and O–H groups in total. The lowest BCUT2D eigenvalue weighted by atomic mass is 9.58. The second-order valence-corrected chi connectivity index (χ2v) is 10.9. The van der Waals surface area contributed by atoms with Gasteiger partial charge in [-0.05, 0) is 109 Å². The molecule has 0 amide bonds. The van der Waals surface area contributed by atoms with Crippen molar-refractivity contribution < 1.29 is 4.74 Å². The molecule has 2 aliphatic heterocycles. The maximum Gasteiger partial charge on any atom is 0.0974 e. The molecule has 1 aromatic heterocycles. The van der Waals surface area contributed by atoms with Gasteiger partial charge in [0.05, 0.1) is 11.2 Å². The van der Waals surface area contributed by atoms with Crippen molar-refractivity contribution in [2.45, 2.75) is 81.8 Å². The monoisotopic (exact) mass is 397 g/mol. The van der Waals surface area contributed by atoms with Crippen LogP contribution in [-0.4, -0.2) is 16.2 Å². The topological polar surface area (TPSA) is 22.1 Å². The van der Waals surface area contributed by atoms with E-state index in [9.17, 15) is 0 Å². The summed E-state index contributed by atoms with van der Waals surface area (Å²) in [6, 6.07) is 9.21. The summed E-state index contributed by atoms with van der Waals surface area (Å²) in [4.78, 5) is 4.36. The van der Waals surface area contributed by atoms with E-state index >= 15 is 0 Å². The Balaban J connectivity index is 1.32. The molecule has 1 aromatic carbocycles. The average Bonchev–Trinajstić information content (AvgIpc) is 3.29. The van der Waals surface area contributed by atoms with Crippen LogP contribution in [0.15, 0.2) is 60.0 Å². The number of ether oxygens (including phenoxy) is 1. The molecule has 30 heavy (non-hydrogen) atoms. The third-order valence-electron chi connectivity index (χ3n) is 9.69. The number of hydrogen-bond acceptors (Lipinski definition) is 2. The fourth-order valence-electron chi connectivity index (χ4n) is 8.23. The quantitative estimate of drug-likeness (QED) is 0.524. The van der Waals surface area contributed by atoms with E-state index in [1.54, 1.807) is 11.1 Å². The Morgan fingerprint density at radius 2 is 2.00 bits per heavy atom. The van der Waals surface area contributed by atoms with Crippen molar-refractivity contribution in [3.05, 3.63) is 65.5 Å². The van der Waals surface area contributed by atoms with Gasteiger partial charge in [-0.15, -0.1) is 0 Å². The van der Waals surface area contributed by atoms with Crippen LogP contribution in [0.5, 0.6) is 0 Å². The van der Waals surface area contributed by atoms with Gasteiger partial charge in [0.15, 0.2) is 0 Å². The number of rotatable bonds is 1. The zero-order valence-electron chi connectivity index (χ0n) is 18.0. The van der Waals surface area contributed by atoms with Crippen molar-refractivity contribution in [3.8, 4) is 0 Å². The molecule has 3 fully saturated rings. The molecule has 2 nitrogen and oxygen atoms in total. The first-order chi connectivity index (χ1) is 14.6. The van der Waals surface area contributed by atoms with Crippen LogP contribution in [0, 0.1) is 11.3 Å². The molecular formula is C28H31NO. The van der Waals surface area contributed by atoms with Gasteiger partial charge in [-0.2, -0.15) is 0 Å². The molecule has 3 aliphatic carbocycles. The molecule has 2 saturated carbocycles. The molecule has 1 saturated heterocycles. The van der Waals surface area contributed by atoms with E-state index in [2.05, 4.69) is 48.3 Å². The zero-order valence-corrected chi connectivity index (χ0v) is 18.0. The van der Waals surface area contributed by atoms with Gasteiger partial charge in [-0.25, -0.2) is 0 Å². The average molecular weight is 398 g/mol. The predicted molar refractivity (Wildman–Crippen MR) is 120 cm³/mol. The van der Waals surface area contributed by atoms with Crippen LogP contribution in [0.1, 0.15) is 76.2 Å². The molecule has 5 aliphatic rings. The fourth-order valence-corrected chi connectivity index (χ4v) is 8.23. The minimum absolute atomic E-state index is 0.0129. The molecule has 5 atom stereocenters. The van der Waals surface area contributed by atoms with Crippen LogP contribution in [-0.2, 0) is 4.74 Å². The summed E-state index contributed by atoms with van der Waals surface area (Å²) in [7, 11) is 0. The molecule has 2 aromatic rings. The van der Waals surface area contributed by atoms with E-state index in [0.717, 1.165) is 0 Å². The molecule has 154 valence electrons. The van der Waals surface area contributed by atoms with Gasteiger partial charge in [0, 0.05) is 17.8 Å². The number of hydrogen-bond donors (Lipinski definition) is 0. The minimum Gasteiger partial charge on any atom is -0.359 e. The molecule has 2 spiro atoms. The third-order valence-corrected chi connectivity index (χ3v) is 9.69. The minimum atomic E-state index is -0.0129. The first-order valence-electron chi connectivity index (χ1n) is 12.1. The lowest BCUT2D eigenvalue weighted by Gasteiger charge is -2.54. The van der Waals surface area contributed by atoms with E-state index in [0.29, 0.717) is 11.8 Å². The van der Waals surface area contributed by atoms with Crippen molar-refractivity contribution in [1.29, 1.82) is 0 Å². The van der Waals surface area contributed by atoms with Crippen molar-refractivity contribution in [3.63, 3.8) is 0 Å². The van der Waals surface area contributed by atoms with E-state index < -0.39 is 0 Å². The third kappa shape index (κ3) is 2.11. The summed E-state index contributed by atoms with van der Waals surface area (Å²) in [5, 5.41) is 2.57. The van der Waals surface area contributed by atoms with Crippen molar-refractivity contribution in [1.82, 2.24) is 4.98 Å². The smallest absolute Gasteiger partial charge is 0.0974 e. The van der Waals surface area contributed by atoms with Gasteiger partial charge >= 0.3 is 0 Å². The van der Waals surface area contributed by atoms with Crippen molar-refractivity contribution in [2.24, 2.45) is 11.3 Å². The zero-order chi connectivity index (χ0) is 20.0. The van der Waals surface area contributed by atoms with Crippen LogP contribution in [0.2, 0.25) is 0 Å². The SMILES string of the molecule is CC12CC=C3C=C4CCCC[C@]45CC[C@]3(O5)[C@@H]1CCC2c1ccc2ccncc2c1. The Hall–Kier alpha value is -1.93. The summed E-state index contributed by atoms with van der Waals surface area (Å²) >= 11 is 0. The van der Waals surface area contributed by atoms with Gasteiger partial charge in [-0.1, -0.05) is 31.2 Å². The Kier molecular flexibility index (Phi) is 3.46. The summed E-state index contributed by atoms with van der Waals surface area (Å²) in [6.45, 7) is 2.57. The largest absolute Gasteiger partial charge is 0.359 e. The second-order valence-electron chi connectivity index (χ2n) is 10.9. The van der Waals surface area contributed by atoms with Crippen LogP contribution < -0.4 is 0 Å². The second kappa shape index (κ2) is 5.85. The fraction of sp³-hybridized carbons (Fsp3) is 0.536. The Morgan fingerprint density at radius 3 is 2.97 bits per heavy atom. The molecule has 3 heterocycles. The summed E-state index contributed by atoms with van der Waals surface area (Å²) < 4.78 is 7.27. The Morgan fingerprint density at radius 1 is 1.03 bits per heavy atom. The highest BCUT2D eigenvalue weighted by atomic mass is 16.5. The molecule has 0 radical (unpaired) electrons. The molecule has 2 bridgehead atoms. The number of aromatic nitrogens is 1. The number of pyridine rings is 1. The highest BCUT2D eigenvalue weighted by molar-refractivity contribution is 5.82. The molecule has 2 heteroatoms. The lowest BCUT2D eigenvalue weighted by molar-refractivity contribution is -0.133. The molecule has 2 unspecified atom stereocenters. The van der Waals surface area contributed by atoms with E-state index in [1.165, 1.54) is 74.1 Å². The van der Waals surface area contributed by atoms with Gasteiger partial charge in [-0.3, -0.25) is 4.98 Å². The number of allylic oxidation sites excluding steroid dienone is 1. The first kappa shape index (κ1) is 17.7. The first-order valence-corrected chi connectivity index (χ1v) is 12.1. The maximum atomic E-state index is 7.27. The highest BCUT2D eigenvalue weighted by Crippen LogP contribution is 2.69. The molecular weight excluding hydrogens is 366 g/mol. The van der Waals surface area contributed by atoms with Gasteiger partial charge in [0.2, 0.25) is 0 Å². The normalized spacial score (nSPS) is 41.6. The Labute approximate surface area is 179 Å². The van der Waals surface area contributed by atoms with Gasteiger partial charge in [0.1, 0.15) is 0 Å². The van der Waals surface area contributed by atoms with Gasteiger partial charge < -0.3 is 4.74 Å². The van der Waals surface area contributed by atoms with Crippen LogP contribution in [0.3, 0.4) is 0 Å². The van der Waals surface area contributed by atoms with E-state index in [-0.39, 0.29) is 16.6 Å². The summed E-state index contributed by atoms with van der Waals surface area (Å²) in [5.41, 5.74) is 5.02. The predicted octanol–water partition coefficient (Wildman–Crippen LogP) is 6.87. The number of fused-ring (bicyclic) bond motifs is 2. The van der Waals surface area contributed by atoms with Crippen LogP contribution in [0.25, 0.3) is 10.8 Å². The van der Waals surface area contributed by atoms with Crippen molar-refractivity contribution in [2.75, 3.05) is 0 Å². The van der Waals surface area contributed by atoms with Crippen LogP contribution in [0.4, 0.5) is 0 Å². The number of benzene rings is 1. The summed E-state index contributed by atoms with van der Waals surface area (Å²) in [5.74, 6) is 1.25. The standard InChI is InChI=1S/C28H31NO/c1-26-12-9-23-17-22-4-2-3-11-27(22)13-14-28(23,30-27)25(26)8-7-24(26)20-6-5-19-10-15-29-18-21(19)16-20/h5-6,9-10,15-18,24-25H,2-4,7-8,11-14H2,1H3/t24?,25-,26?,27+,28-/m1/s1. The van der Waals surface area contributed by atoms with Gasteiger partial charge in [0.25, 0.3) is 0 Å². The summed E-state index contributed by atoms with van der Waals surface area (Å²) in [6.07, 6.45) is 20.5. The Bertz CT molecular complexity index is 1110. The van der Waals surface area contributed by atoms with E-state index in [4.69, 9.17) is 4.74 Å². The van der Waals surface area contributed by atoms with Crippen LogP contribution >= 0.6 is 0 Å².